The molecule has 0 aromatic heterocycles. The Labute approximate surface area is 186 Å². The fourth-order valence-electron chi connectivity index (χ4n) is 5.64. The van der Waals surface area contributed by atoms with Crippen LogP contribution in [-0.4, -0.2) is 0 Å². The van der Waals surface area contributed by atoms with E-state index in [4.69, 9.17) is 0 Å². The lowest BCUT2D eigenvalue weighted by molar-refractivity contribution is 0.327. The van der Waals surface area contributed by atoms with E-state index in [0.29, 0.717) is 5.41 Å². The van der Waals surface area contributed by atoms with Crippen molar-refractivity contribution in [2.75, 3.05) is 0 Å². The molecule has 0 heterocycles. The molecule has 2 aromatic rings. The molecule has 0 aliphatic heterocycles. The van der Waals surface area contributed by atoms with Crippen molar-refractivity contribution in [3.63, 3.8) is 0 Å². The molecule has 30 heavy (non-hydrogen) atoms. The van der Waals surface area contributed by atoms with Crippen molar-refractivity contribution in [2.24, 2.45) is 0 Å². The second kappa shape index (κ2) is 12.3. The highest BCUT2D eigenvalue weighted by Crippen LogP contribution is 2.48. The van der Waals surface area contributed by atoms with Gasteiger partial charge in [-0.2, -0.15) is 0 Å². The summed E-state index contributed by atoms with van der Waals surface area (Å²) >= 11 is 0. The molecule has 0 atom stereocenters. The van der Waals surface area contributed by atoms with Crippen LogP contribution in [0.1, 0.15) is 115 Å². The highest BCUT2D eigenvalue weighted by Gasteiger charge is 2.37. The first-order valence-corrected chi connectivity index (χ1v) is 13.0. The van der Waals surface area contributed by atoms with E-state index in [-0.39, 0.29) is 0 Å². The summed E-state index contributed by atoms with van der Waals surface area (Å²) in [7, 11) is 0. The molecule has 0 nitrogen and oxygen atoms in total. The fourth-order valence-corrected chi connectivity index (χ4v) is 5.64. The Kier molecular flexibility index (Phi) is 9.50. The predicted octanol–water partition coefficient (Wildman–Crippen LogP) is 9.65. The third-order valence-corrected chi connectivity index (χ3v) is 7.35. The van der Waals surface area contributed by atoms with Crippen molar-refractivity contribution in [3.05, 3.63) is 59.7 Å². The summed E-state index contributed by atoms with van der Waals surface area (Å²) in [5.41, 5.74) is 6.56. The van der Waals surface area contributed by atoms with Gasteiger partial charge in [0.25, 0.3) is 0 Å². The fraction of sp³-hybridized carbons (Fsp3) is 0.600. The van der Waals surface area contributed by atoms with E-state index in [0.717, 1.165) is 0 Å². The van der Waals surface area contributed by atoms with E-state index in [1.165, 1.54) is 107 Å². The molecule has 1 aliphatic rings. The van der Waals surface area contributed by atoms with Crippen LogP contribution in [0.2, 0.25) is 0 Å². The van der Waals surface area contributed by atoms with Gasteiger partial charge in [-0.1, -0.05) is 139 Å². The molecule has 2 aromatic carbocycles. The van der Waals surface area contributed by atoms with Crippen molar-refractivity contribution in [1.29, 1.82) is 0 Å². The summed E-state index contributed by atoms with van der Waals surface area (Å²) in [6, 6.07) is 18.5. The van der Waals surface area contributed by atoms with Crippen LogP contribution in [0, 0.1) is 0 Å². The highest BCUT2D eigenvalue weighted by molar-refractivity contribution is 5.75. The smallest absolute Gasteiger partial charge is 0.0000287 e. The van der Waals surface area contributed by atoms with Crippen LogP contribution in [0.25, 0.3) is 11.1 Å². The molecule has 1 aliphatic carbocycles. The monoisotopic (exact) mass is 404 g/mol. The minimum absolute atomic E-state index is 0.348. The predicted molar refractivity (Wildman–Crippen MR) is 133 cm³/mol. The van der Waals surface area contributed by atoms with E-state index in [9.17, 15) is 0 Å². The van der Waals surface area contributed by atoms with Gasteiger partial charge in [0.05, 0.1) is 0 Å². The molecule has 0 unspecified atom stereocenters. The maximum atomic E-state index is 2.46. The molecule has 0 saturated carbocycles. The third kappa shape index (κ3) is 5.99. The number of hydrogen-bond donors (Lipinski definition) is 0. The molecule has 0 fully saturated rings. The van der Waals surface area contributed by atoms with Crippen LogP contribution in [0.5, 0.6) is 0 Å². The number of benzene rings is 2. The van der Waals surface area contributed by atoms with Gasteiger partial charge >= 0.3 is 0 Å². The summed E-state index contributed by atoms with van der Waals surface area (Å²) in [6.07, 6.45) is 20.7. The van der Waals surface area contributed by atoms with Gasteiger partial charge in [0.2, 0.25) is 0 Å². The zero-order valence-corrected chi connectivity index (χ0v) is 19.7. The Morgan fingerprint density at radius 3 is 1.70 bits per heavy atom. The first kappa shape index (κ1) is 23.1. The highest BCUT2D eigenvalue weighted by atomic mass is 14.4. The van der Waals surface area contributed by atoms with Gasteiger partial charge in [0.1, 0.15) is 0 Å². The Morgan fingerprint density at radius 1 is 0.567 bits per heavy atom. The number of fused-ring (bicyclic) bond motifs is 3. The summed E-state index contributed by atoms with van der Waals surface area (Å²) in [5.74, 6) is 0. The van der Waals surface area contributed by atoms with Gasteiger partial charge in [0, 0.05) is 0 Å². The van der Waals surface area contributed by atoms with Gasteiger partial charge in [-0.3, -0.25) is 0 Å². The quantitative estimate of drug-likeness (QED) is 0.275. The summed E-state index contributed by atoms with van der Waals surface area (Å²) < 4.78 is 0. The molecular formula is C30H44. The molecule has 164 valence electrons. The first-order chi connectivity index (χ1) is 14.8. The van der Waals surface area contributed by atoms with E-state index in [2.05, 4.69) is 62.4 Å². The van der Waals surface area contributed by atoms with Crippen molar-refractivity contribution in [3.8, 4) is 11.1 Å². The average molecular weight is 405 g/mol. The third-order valence-electron chi connectivity index (χ3n) is 7.35. The minimum Gasteiger partial charge on any atom is -0.0654 e. The number of unbranched alkanes of at least 4 members (excludes halogenated alkanes) is 10. The average Bonchev–Trinajstić information content (AvgIpc) is 2.79. The molecular weight excluding hydrogens is 360 g/mol. The van der Waals surface area contributed by atoms with Crippen LogP contribution in [-0.2, 0) is 11.8 Å². The van der Waals surface area contributed by atoms with Crippen molar-refractivity contribution in [2.45, 2.75) is 116 Å². The Balaban J connectivity index is 1.75. The second-order valence-electron chi connectivity index (χ2n) is 9.70. The summed E-state index contributed by atoms with van der Waals surface area (Å²) in [4.78, 5) is 0. The normalized spacial score (nSPS) is 14.3. The first-order valence-electron chi connectivity index (χ1n) is 13.0. The van der Waals surface area contributed by atoms with Crippen LogP contribution >= 0.6 is 0 Å². The van der Waals surface area contributed by atoms with E-state index < -0.39 is 0 Å². The Morgan fingerprint density at radius 2 is 1.07 bits per heavy atom. The SMILES string of the molecule is CCCCCCCCC1(CCCCCCCC)Cc2ccccc2-c2ccccc21. The molecule has 0 amide bonds. The molecule has 0 spiro atoms. The Hall–Kier alpha value is -1.56. The number of rotatable bonds is 14. The van der Waals surface area contributed by atoms with Gasteiger partial charge < -0.3 is 0 Å². The van der Waals surface area contributed by atoms with Crippen LogP contribution in [0.15, 0.2) is 48.5 Å². The summed E-state index contributed by atoms with van der Waals surface area (Å²) in [6.45, 7) is 4.62. The molecule has 0 bridgehead atoms. The molecule has 0 heteroatoms. The van der Waals surface area contributed by atoms with Gasteiger partial charge in [-0.15, -0.1) is 0 Å². The lowest BCUT2D eigenvalue weighted by Crippen LogP contribution is -2.33. The maximum Gasteiger partial charge on any atom is -0.0000287 e. The van der Waals surface area contributed by atoms with Gasteiger partial charge in [-0.25, -0.2) is 0 Å². The lowest BCUT2D eigenvalue weighted by Gasteiger charge is -2.41. The number of hydrogen-bond acceptors (Lipinski definition) is 0. The minimum atomic E-state index is 0.348. The van der Waals surface area contributed by atoms with Crippen LogP contribution < -0.4 is 0 Å². The Bertz CT molecular complexity index is 725. The van der Waals surface area contributed by atoms with Gasteiger partial charge in [-0.05, 0) is 46.9 Å². The van der Waals surface area contributed by atoms with Crippen molar-refractivity contribution in [1.82, 2.24) is 0 Å². The van der Waals surface area contributed by atoms with E-state index >= 15 is 0 Å². The van der Waals surface area contributed by atoms with Crippen LogP contribution in [0.4, 0.5) is 0 Å². The summed E-state index contributed by atoms with van der Waals surface area (Å²) in [5, 5.41) is 0. The second-order valence-corrected chi connectivity index (χ2v) is 9.70. The molecule has 0 saturated heterocycles. The topological polar surface area (TPSA) is 0 Å². The van der Waals surface area contributed by atoms with Crippen molar-refractivity contribution < 1.29 is 0 Å². The maximum absolute atomic E-state index is 2.46. The molecule has 0 N–H and O–H groups in total. The van der Waals surface area contributed by atoms with E-state index in [1.807, 2.05) is 0 Å². The molecule has 3 rings (SSSR count). The zero-order valence-electron chi connectivity index (χ0n) is 19.7. The zero-order chi connectivity index (χ0) is 21.1. The largest absolute Gasteiger partial charge is 0.0654 e. The van der Waals surface area contributed by atoms with Gasteiger partial charge in [0.15, 0.2) is 0 Å². The standard InChI is InChI=1S/C30H44/c1-3-5-7-9-11-17-23-30(24-18-12-10-8-6-4-2)25-26-19-13-14-20-27(26)28-21-15-16-22-29(28)30/h13-16,19-22H,3-12,17-18,23-25H2,1-2H3. The lowest BCUT2D eigenvalue weighted by atomic mass is 9.63. The van der Waals surface area contributed by atoms with Crippen LogP contribution in [0.3, 0.4) is 0 Å². The van der Waals surface area contributed by atoms with E-state index in [1.54, 1.807) is 11.1 Å². The van der Waals surface area contributed by atoms with Crippen molar-refractivity contribution >= 4 is 0 Å². The molecule has 0 radical (unpaired) electrons.